The van der Waals surface area contributed by atoms with Crippen LogP contribution < -0.4 is 10.3 Å². The third kappa shape index (κ3) is 2.58. The monoisotopic (exact) mass is 328 g/mol. The van der Waals surface area contributed by atoms with Crippen LogP contribution >= 0.6 is 0 Å². The first-order valence-electron chi connectivity index (χ1n) is 8.05. The number of fused-ring (bicyclic) bond motifs is 1. The summed E-state index contributed by atoms with van der Waals surface area (Å²) < 4.78 is 2.20. The van der Waals surface area contributed by atoms with Gasteiger partial charge in [-0.25, -0.2) is 9.52 Å². The largest absolute Gasteiger partial charge is 0.711 e. The van der Waals surface area contributed by atoms with Crippen molar-refractivity contribution >= 4 is 10.8 Å². The number of hydrogen-bond donors (Lipinski definition) is 0. The van der Waals surface area contributed by atoms with Crippen LogP contribution in [0.5, 0.6) is 0 Å². The smallest absolute Gasteiger partial charge is 0.347 e. The number of aryl methyl sites for hydroxylation is 1. The fourth-order valence-corrected chi connectivity index (χ4v) is 3.08. The van der Waals surface area contributed by atoms with Gasteiger partial charge in [-0.1, -0.05) is 54.1 Å². The molecule has 0 N–H and O–H groups in total. The molecule has 4 rings (SSSR count). The van der Waals surface area contributed by atoms with Crippen LogP contribution in [-0.4, -0.2) is 4.57 Å². The van der Waals surface area contributed by atoms with Crippen LogP contribution in [0.25, 0.3) is 27.8 Å². The molecule has 0 aliphatic heterocycles. The normalized spacial score (nSPS) is 10.9. The minimum absolute atomic E-state index is 0.202. The van der Waals surface area contributed by atoms with E-state index in [2.05, 4.69) is 0 Å². The van der Waals surface area contributed by atoms with Gasteiger partial charge in [0.25, 0.3) is 5.82 Å². The molecule has 0 amide bonds. The Kier molecular flexibility index (Phi) is 3.58. The second-order valence-corrected chi connectivity index (χ2v) is 6.01. The van der Waals surface area contributed by atoms with Gasteiger partial charge < -0.3 is 5.21 Å². The summed E-state index contributed by atoms with van der Waals surface area (Å²) >= 11 is 0. The molecule has 0 atom stereocenters. The molecule has 4 aromatic rings. The summed E-state index contributed by atoms with van der Waals surface area (Å²) in [5.41, 5.74) is 2.46. The van der Waals surface area contributed by atoms with Crippen molar-refractivity contribution in [1.29, 1.82) is 0 Å². The molecular formula is C21H16N2O2. The predicted molar refractivity (Wildman–Crippen MR) is 98.7 cm³/mol. The molecule has 4 nitrogen and oxygen atoms in total. The van der Waals surface area contributed by atoms with E-state index in [0.29, 0.717) is 15.8 Å². The quantitative estimate of drug-likeness (QED) is 0.417. The molecule has 0 aliphatic carbocycles. The van der Waals surface area contributed by atoms with E-state index in [0.717, 1.165) is 16.5 Å². The number of rotatable bonds is 2. The van der Waals surface area contributed by atoms with E-state index in [1.165, 1.54) is 10.8 Å². The second-order valence-electron chi connectivity index (χ2n) is 6.01. The summed E-state index contributed by atoms with van der Waals surface area (Å²) in [6.07, 6.45) is 1.40. The molecule has 0 radical (unpaired) electrons. The standard InChI is InChI=1S/C21H16N2O2/c1-15-10-11-18-17(13-15)14-19(16-7-3-2-4-8-16)23(21(18)24)20-9-5-6-12-22(20)25/h2-14H,1H3. The lowest BCUT2D eigenvalue weighted by atomic mass is 10.0. The van der Waals surface area contributed by atoms with Crippen molar-refractivity contribution in [3.8, 4) is 17.1 Å². The Balaban J connectivity index is 2.16. The highest BCUT2D eigenvalue weighted by molar-refractivity contribution is 5.86. The van der Waals surface area contributed by atoms with E-state index in [1.54, 1.807) is 18.2 Å². The first-order valence-corrected chi connectivity index (χ1v) is 8.05. The van der Waals surface area contributed by atoms with E-state index in [1.807, 2.05) is 61.5 Å². The SMILES string of the molecule is Cc1ccc2c(=O)n(-c3cccc[n+]3[O-])c(-c3ccccc3)cc2c1. The molecule has 0 bridgehead atoms. The molecule has 0 saturated heterocycles. The van der Waals surface area contributed by atoms with E-state index in [9.17, 15) is 10.0 Å². The molecule has 0 aliphatic rings. The van der Waals surface area contributed by atoms with E-state index in [-0.39, 0.29) is 11.4 Å². The van der Waals surface area contributed by atoms with Crippen molar-refractivity contribution in [2.75, 3.05) is 0 Å². The number of pyridine rings is 2. The highest BCUT2D eigenvalue weighted by Gasteiger charge is 2.20. The van der Waals surface area contributed by atoms with Crippen LogP contribution in [0.15, 0.2) is 83.8 Å². The third-order valence-corrected chi connectivity index (χ3v) is 4.28. The van der Waals surface area contributed by atoms with Crippen molar-refractivity contribution in [1.82, 2.24) is 4.57 Å². The zero-order valence-electron chi connectivity index (χ0n) is 13.7. The Hall–Kier alpha value is -3.40. The van der Waals surface area contributed by atoms with Crippen molar-refractivity contribution < 1.29 is 4.73 Å². The van der Waals surface area contributed by atoms with Gasteiger partial charge >= 0.3 is 5.56 Å². The van der Waals surface area contributed by atoms with Gasteiger partial charge in [-0.15, -0.1) is 0 Å². The van der Waals surface area contributed by atoms with Gasteiger partial charge in [0.05, 0.1) is 11.6 Å². The summed E-state index contributed by atoms with van der Waals surface area (Å²) in [7, 11) is 0. The summed E-state index contributed by atoms with van der Waals surface area (Å²) in [6.45, 7) is 2.00. The second kappa shape index (κ2) is 5.91. The average molecular weight is 328 g/mol. The Morgan fingerprint density at radius 2 is 1.68 bits per heavy atom. The van der Waals surface area contributed by atoms with Crippen LogP contribution in [0.2, 0.25) is 0 Å². The Morgan fingerprint density at radius 3 is 2.44 bits per heavy atom. The van der Waals surface area contributed by atoms with Gasteiger partial charge in [-0.2, -0.15) is 4.57 Å². The summed E-state index contributed by atoms with van der Waals surface area (Å²) in [6, 6.07) is 22.4. The molecule has 0 saturated carbocycles. The molecule has 122 valence electrons. The number of benzene rings is 2. The van der Waals surface area contributed by atoms with Gasteiger partial charge in [0, 0.05) is 11.6 Å². The molecule has 2 aromatic heterocycles. The minimum Gasteiger partial charge on any atom is -0.711 e. The van der Waals surface area contributed by atoms with Crippen molar-refractivity contribution in [2.45, 2.75) is 6.92 Å². The highest BCUT2D eigenvalue weighted by atomic mass is 16.5. The summed E-state index contributed by atoms with van der Waals surface area (Å²) in [5.74, 6) is 0.286. The Bertz CT molecular complexity index is 1130. The van der Waals surface area contributed by atoms with Crippen LogP contribution in [-0.2, 0) is 0 Å². The molecular weight excluding hydrogens is 312 g/mol. The topological polar surface area (TPSA) is 48.9 Å². The Labute approximate surface area is 144 Å². The fourth-order valence-electron chi connectivity index (χ4n) is 3.08. The average Bonchev–Trinajstić information content (AvgIpc) is 2.63. The van der Waals surface area contributed by atoms with Crippen LogP contribution in [0, 0.1) is 12.1 Å². The molecule has 4 heteroatoms. The Morgan fingerprint density at radius 1 is 0.920 bits per heavy atom. The maximum atomic E-state index is 13.2. The van der Waals surface area contributed by atoms with Gasteiger partial charge in [-0.05, 0) is 30.5 Å². The predicted octanol–water partition coefficient (Wildman–Crippen LogP) is 3.60. The number of nitrogens with zero attached hydrogens (tertiary/aromatic N) is 2. The maximum absolute atomic E-state index is 13.2. The van der Waals surface area contributed by atoms with Crippen LogP contribution in [0.4, 0.5) is 0 Å². The third-order valence-electron chi connectivity index (χ3n) is 4.28. The minimum atomic E-state index is -0.202. The first-order chi connectivity index (χ1) is 12.1. The van der Waals surface area contributed by atoms with E-state index in [4.69, 9.17) is 0 Å². The molecule has 0 spiro atoms. The van der Waals surface area contributed by atoms with E-state index >= 15 is 0 Å². The van der Waals surface area contributed by atoms with Gasteiger partial charge in [-0.3, -0.25) is 0 Å². The zero-order chi connectivity index (χ0) is 17.4. The van der Waals surface area contributed by atoms with Crippen molar-refractivity contribution in [3.05, 3.63) is 100 Å². The van der Waals surface area contributed by atoms with Crippen LogP contribution in [0.3, 0.4) is 0 Å². The first kappa shape index (κ1) is 15.1. The summed E-state index contributed by atoms with van der Waals surface area (Å²) in [4.78, 5) is 13.2. The van der Waals surface area contributed by atoms with Crippen molar-refractivity contribution in [3.63, 3.8) is 0 Å². The van der Waals surface area contributed by atoms with Gasteiger partial charge in [0.15, 0.2) is 0 Å². The van der Waals surface area contributed by atoms with Crippen LogP contribution in [0.1, 0.15) is 5.56 Å². The molecule has 0 unspecified atom stereocenters. The lowest BCUT2D eigenvalue weighted by Gasteiger charge is -2.13. The lowest BCUT2D eigenvalue weighted by molar-refractivity contribution is -0.599. The van der Waals surface area contributed by atoms with E-state index < -0.39 is 0 Å². The van der Waals surface area contributed by atoms with Gasteiger partial charge in [0.2, 0.25) is 0 Å². The molecule has 25 heavy (non-hydrogen) atoms. The number of aromatic nitrogens is 2. The van der Waals surface area contributed by atoms with Crippen molar-refractivity contribution in [2.24, 2.45) is 0 Å². The molecule has 2 heterocycles. The fraction of sp³-hybridized carbons (Fsp3) is 0.0476. The number of hydrogen-bond acceptors (Lipinski definition) is 2. The molecule has 2 aromatic carbocycles. The highest BCUT2D eigenvalue weighted by Crippen LogP contribution is 2.24. The lowest BCUT2D eigenvalue weighted by Crippen LogP contribution is -2.36. The molecule has 0 fully saturated rings. The zero-order valence-corrected chi connectivity index (χ0v) is 13.7. The summed E-state index contributed by atoms with van der Waals surface area (Å²) in [5, 5.41) is 13.8. The maximum Gasteiger partial charge on any atom is 0.347 e. The van der Waals surface area contributed by atoms with Gasteiger partial charge in [0.1, 0.15) is 5.69 Å².